The molecule has 1 aliphatic rings. The molecule has 100 valence electrons. The van der Waals surface area contributed by atoms with Gasteiger partial charge in [-0.25, -0.2) is 4.68 Å². The first-order valence-electron chi connectivity index (χ1n) is 6.87. The van der Waals surface area contributed by atoms with E-state index in [0.717, 1.165) is 24.6 Å². The molecule has 3 rings (SSSR count). The normalized spacial score (nSPS) is 17.5. The van der Waals surface area contributed by atoms with Crippen molar-refractivity contribution in [1.29, 1.82) is 0 Å². The molecule has 0 radical (unpaired) electrons. The summed E-state index contributed by atoms with van der Waals surface area (Å²) in [5, 5.41) is 8.12. The summed E-state index contributed by atoms with van der Waals surface area (Å²) in [5.74, 6) is 0.971. The van der Waals surface area contributed by atoms with Gasteiger partial charge in [0.05, 0.1) is 5.69 Å². The maximum Gasteiger partial charge on any atom is 0.148 e. The van der Waals surface area contributed by atoms with Gasteiger partial charge in [-0.3, -0.25) is 0 Å². The van der Waals surface area contributed by atoms with Crippen molar-refractivity contribution in [1.82, 2.24) is 14.7 Å². The SMILES string of the molecule is CN1CCC(Nc2ccn(-c3ccccc3)n2)CC1. The Kier molecular flexibility index (Phi) is 3.51. The van der Waals surface area contributed by atoms with Gasteiger partial charge in [0, 0.05) is 18.3 Å². The fourth-order valence-electron chi connectivity index (χ4n) is 2.49. The summed E-state index contributed by atoms with van der Waals surface area (Å²) in [6.07, 6.45) is 4.38. The number of anilines is 1. The summed E-state index contributed by atoms with van der Waals surface area (Å²) in [6.45, 7) is 2.33. The molecular weight excluding hydrogens is 236 g/mol. The molecule has 1 aromatic carbocycles. The Bertz CT molecular complexity index is 512. The largest absolute Gasteiger partial charge is 0.366 e. The van der Waals surface area contributed by atoms with Crippen LogP contribution in [-0.2, 0) is 0 Å². The minimum absolute atomic E-state index is 0.551. The maximum absolute atomic E-state index is 4.59. The monoisotopic (exact) mass is 256 g/mol. The summed E-state index contributed by atoms with van der Waals surface area (Å²) in [4.78, 5) is 2.38. The zero-order chi connectivity index (χ0) is 13.1. The number of para-hydroxylation sites is 1. The topological polar surface area (TPSA) is 33.1 Å². The molecule has 1 aromatic heterocycles. The Morgan fingerprint density at radius 1 is 1.11 bits per heavy atom. The fraction of sp³-hybridized carbons (Fsp3) is 0.400. The number of likely N-dealkylation sites (tertiary alicyclic amines) is 1. The van der Waals surface area contributed by atoms with Crippen LogP contribution in [0.15, 0.2) is 42.6 Å². The zero-order valence-electron chi connectivity index (χ0n) is 11.3. The molecule has 0 amide bonds. The van der Waals surface area contributed by atoms with Crippen LogP contribution in [0.25, 0.3) is 5.69 Å². The molecule has 0 spiro atoms. The van der Waals surface area contributed by atoms with Crippen LogP contribution in [0, 0.1) is 0 Å². The molecule has 19 heavy (non-hydrogen) atoms. The van der Waals surface area contributed by atoms with Crippen molar-refractivity contribution in [3.8, 4) is 5.69 Å². The first-order valence-corrected chi connectivity index (χ1v) is 6.87. The van der Waals surface area contributed by atoms with E-state index >= 15 is 0 Å². The maximum atomic E-state index is 4.59. The quantitative estimate of drug-likeness (QED) is 0.915. The Balaban J connectivity index is 1.65. The second kappa shape index (κ2) is 5.45. The van der Waals surface area contributed by atoms with Crippen LogP contribution >= 0.6 is 0 Å². The Hall–Kier alpha value is -1.81. The van der Waals surface area contributed by atoms with E-state index in [0.29, 0.717) is 6.04 Å². The lowest BCUT2D eigenvalue weighted by Crippen LogP contribution is -2.36. The van der Waals surface area contributed by atoms with Crippen molar-refractivity contribution in [2.45, 2.75) is 18.9 Å². The van der Waals surface area contributed by atoms with Gasteiger partial charge in [0.1, 0.15) is 5.82 Å². The van der Waals surface area contributed by atoms with Crippen molar-refractivity contribution in [2.24, 2.45) is 0 Å². The van der Waals surface area contributed by atoms with Gasteiger partial charge in [0.15, 0.2) is 0 Å². The van der Waals surface area contributed by atoms with E-state index in [9.17, 15) is 0 Å². The highest BCUT2D eigenvalue weighted by atomic mass is 15.3. The Labute approximate surface area is 114 Å². The third-order valence-corrected chi connectivity index (χ3v) is 3.68. The van der Waals surface area contributed by atoms with E-state index in [2.05, 4.69) is 34.5 Å². The lowest BCUT2D eigenvalue weighted by Gasteiger charge is -2.29. The van der Waals surface area contributed by atoms with Crippen LogP contribution in [0.5, 0.6) is 0 Å². The molecular formula is C15H20N4. The lowest BCUT2D eigenvalue weighted by molar-refractivity contribution is 0.263. The number of hydrogen-bond donors (Lipinski definition) is 1. The van der Waals surface area contributed by atoms with Crippen LogP contribution in [0.1, 0.15) is 12.8 Å². The number of aromatic nitrogens is 2. The van der Waals surface area contributed by atoms with Gasteiger partial charge in [-0.05, 0) is 45.1 Å². The summed E-state index contributed by atoms with van der Waals surface area (Å²) in [7, 11) is 2.18. The van der Waals surface area contributed by atoms with Gasteiger partial charge in [0.2, 0.25) is 0 Å². The Morgan fingerprint density at radius 3 is 2.58 bits per heavy atom. The lowest BCUT2D eigenvalue weighted by atomic mass is 10.1. The van der Waals surface area contributed by atoms with E-state index in [1.165, 1.54) is 12.8 Å². The van der Waals surface area contributed by atoms with Crippen molar-refractivity contribution in [2.75, 3.05) is 25.5 Å². The number of hydrogen-bond acceptors (Lipinski definition) is 3. The predicted molar refractivity (Wildman–Crippen MR) is 77.7 cm³/mol. The highest BCUT2D eigenvalue weighted by Crippen LogP contribution is 2.15. The van der Waals surface area contributed by atoms with Crippen molar-refractivity contribution in [3.05, 3.63) is 42.6 Å². The van der Waals surface area contributed by atoms with Crippen LogP contribution in [0.4, 0.5) is 5.82 Å². The number of benzene rings is 1. The average Bonchev–Trinajstić information content (AvgIpc) is 2.91. The van der Waals surface area contributed by atoms with Gasteiger partial charge in [-0.2, -0.15) is 5.10 Å². The van der Waals surface area contributed by atoms with Crippen molar-refractivity contribution in [3.63, 3.8) is 0 Å². The van der Waals surface area contributed by atoms with Crippen LogP contribution in [0.2, 0.25) is 0 Å². The highest BCUT2D eigenvalue weighted by molar-refractivity contribution is 5.38. The van der Waals surface area contributed by atoms with Gasteiger partial charge in [-0.1, -0.05) is 18.2 Å². The second-order valence-corrected chi connectivity index (χ2v) is 5.20. The molecule has 0 aliphatic carbocycles. The van der Waals surface area contributed by atoms with E-state index in [1.807, 2.05) is 35.1 Å². The minimum atomic E-state index is 0.551. The molecule has 2 aromatic rings. The molecule has 1 fully saturated rings. The molecule has 1 N–H and O–H groups in total. The van der Waals surface area contributed by atoms with Crippen LogP contribution < -0.4 is 5.32 Å². The number of nitrogens with zero attached hydrogens (tertiary/aromatic N) is 3. The van der Waals surface area contributed by atoms with Gasteiger partial charge < -0.3 is 10.2 Å². The third kappa shape index (κ3) is 2.96. The number of piperidine rings is 1. The smallest absolute Gasteiger partial charge is 0.148 e. The molecule has 1 aliphatic heterocycles. The van der Waals surface area contributed by atoms with Crippen LogP contribution in [-0.4, -0.2) is 40.9 Å². The van der Waals surface area contributed by atoms with Crippen molar-refractivity contribution < 1.29 is 0 Å². The molecule has 4 heteroatoms. The minimum Gasteiger partial charge on any atom is -0.366 e. The molecule has 0 saturated carbocycles. The summed E-state index contributed by atoms with van der Waals surface area (Å²) in [6, 6.07) is 12.8. The van der Waals surface area contributed by atoms with E-state index in [4.69, 9.17) is 0 Å². The van der Waals surface area contributed by atoms with Gasteiger partial charge in [-0.15, -0.1) is 0 Å². The molecule has 1 saturated heterocycles. The standard InChI is InChI=1S/C15H20N4/c1-18-10-7-13(8-11-18)16-15-9-12-19(17-15)14-5-3-2-4-6-14/h2-6,9,12-13H,7-8,10-11H2,1H3,(H,16,17). The summed E-state index contributed by atoms with van der Waals surface area (Å²) < 4.78 is 1.91. The van der Waals surface area contributed by atoms with Crippen molar-refractivity contribution >= 4 is 5.82 Å². The first-order chi connectivity index (χ1) is 9.31. The highest BCUT2D eigenvalue weighted by Gasteiger charge is 2.16. The Morgan fingerprint density at radius 2 is 1.84 bits per heavy atom. The number of rotatable bonds is 3. The first kappa shape index (κ1) is 12.2. The van der Waals surface area contributed by atoms with E-state index in [-0.39, 0.29) is 0 Å². The molecule has 0 unspecified atom stereocenters. The van der Waals surface area contributed by atoms with E-state index < -0.39 is 0 Å². The molecule has 4 nitrogen and oxygen atoms in total. The number of nitrogens with one attached hydrogen (secondary N) is 1. The van der Waals surface area contributed by atoms with Gasteiger partial charge in [0.25, 0.3) is 0 Å². The predicted octanol–water partition coefficient (Wildman–Crippen LogP) is 2.38. The molecule has 0 atom stereocenters. The average molecular weight is 256 g/mol. The zero-order valence-corrected chi connectivity index (χ0v) is 11.3. The van der Waals surface area contributed by atoms with Crippen LogP contribution in [0.3, 0.4) is 0 Å². The third-order valence-electron chi connectivity index (χ3n) is 3.68. The fourth-order valence-corrected chi connectivity index (χ4v) is 2.49. The summed E-state index contributed by atoms with van der Waals surface area (Å²) >= 11 is 0. The molecule has 2 heterocycles. The second-order valence-electron chi connectivity index (χ2n) is 5.20. The van der Waals surface area contributed by atoms with E-state index in [1.54, 1.807) is 0 Å². The molecule has 0 bridgehead atoms. The summed E-state index contributed by atoms with van der Waals surface area (Å²) in [5.41, 5.74) is 1.10. The van der Waals surface area contributed by atoms with Gasteiger partial charge >= 0.3 is 0 Å².